The molecule has 2 N–H and O–H groups in total. The number of aromatic nitrogens is 2. The van der Waals surface area contributed by atoms with E-state index >= 15 is 0 Å². The van der Waals surface area contributed by atoms with Crippen LogP contribution < -0.4 is 5.32 Å². The molecule has 114 valence electrons. The lowest BCUT2D eigenvalue weighted by atomic mass is 10.1. The van der Waals surface area contributed by atoms with E-state index < -0.39 is 0 Å². The van der Waals surface area contributed by atoms with Crippen LogP contribution in [0, 0.1) is 0 Å². The number of fused-ring (bicyclic) bond motifs is 2. The summed E-state index contributed by atoms with van der Waals surface area (Å²) in [7, 11) is 0. The van der Waals surface area contributed by atoms with E-state index in [1.54, 1.807) is 18.5 Å². The van der Waals surface area contributed by atoms with Gasteiger partial charge in [-0.2, -0.15) is 0 Å². The predicted molar refractivity (Wildman–Crippen MR) is 88.2 cm³/mol. The molecular formula is C18H15N3O2. The van der Waals surface area contributed by atoms with Gasteiger partial charge in [-0.05, 0) is 37.3 Å². The normalized spacial score (nSPS) is 12.6. The Bertz CT molecular complexity index is 967. The first-order valence-corrected chi connectivity index (χ1v) is 7.43. The summed E-state index contributed by atoms with van der Waals surface area (Å²) < 4.78 is 5.79. The van der Waals surface area contributed by atoms with E-state index in [2.05, 4.69) is 15.3 Å². The molecule has 0 saturated carbocycles. The molecule has 0 spiro atoms. The second-order valence-electron chi connectivity index (χ2n) is 5.52. The predicted octanol–water partition coefficient (Wildman–Crippen LogP) is 3.80. The van der Waals surface area contributed by atoms with Crippen LogP contribution in [0.4, 0.5) is 0 Å². The van der Waals surface area contributed by atoms with Gasteiger partial charge in [-0.1, -0.05) is 18.2 Å². The van der Waals surface area contributed by atoms with Crippen LogP contribution in [0.1, 0.15) is 29.1 Å². The fourth-order valence-electron chi connectivity index (χ4n) is 2.64. The maximum Gasteiger partial charge on any atom is 0.251 e. The molecule has 0 radical (unpaired) electrons. The number of H-pyrrole nitrogens is 1. The van der Waals surface area contributed by atoms with Gasteiger partial charge in [0.25, 0.3) is 5.91 Å². The minimum absolute atomic E-state index is 0.144. The van der Waals surface area contributed by atoms with Crippen LogP contribution in [-0.4, -0.2) is 15.9 Å². The molecule has 0 fully saturated rings. The summed E-state index contributed by atoms with van der Waals surface area (Å²) in [5.41, 5.74) is 3.09. The van der Waals surface area contributed by atoms with E-state index in [1.165, 1.54) is 0 Å². The van der Waals surface area contributed by atoms with Gasteiger partial charge in [0, 0.05) is 10.9 Å². The van der Waals surface area contributed by atoms with Crippen molar-refractivity contribution < 1.29 is 9.21 Å². The van der Waals surface area contributed by atoms with Crippen molar-refractivity contribution in [3.8, 4) is 0 Å². The van der Waals surface area contributed by atoms with Crippen molar-refractivity contribution in [2.75, 3.05) is 0 Å². The molecule has 0 aliphatic carbocycles. The molecule has 1 atom stereocenters. The molecule has 0 unspecified atom stereocenters. The molecule has 1 amide bonds. The summed E-state index contributed by atoms with van der Waals surface area (Å²) in [6.45, 7) is 1.91. The average molecular weight is 305 g/mol. The highest BCUT2D eigenvalue weighted by atomic mass is 16.3. The summed E-state index contributed by atoms with van der Waals surface area (Å²) in [5.74, 6) is 0.594. The molecule has 5 heteroatoms. The Kier molecular flexibility index (Phi) is 3.12. The average Bonchev–Trinajstić information content (AvgIpc) is 3.20. The highest BCUT2D eigenvalue weighted by Crippen LogP contribution is 2.24. The Hall–Kier alpha value is -3.08. The summed E-state index contributed by atoms with van der Waals surface area (Å²) in [6, 6.07) is 14.9. The van der Waals surface area contributed by atoms with Crippen LogP contribution in [0.2, 0.25) is 0 Å². The van der Waals surface area contributed by atoms with E-state index in [9.17, 15) is 4.79 Å². The zero-order valence-electron chi connectivity index (χ0n) is 12.5. The third kappa shape index (κ3) is 2.46. The number of benzene rings is 2. The number of carbonyl (C=O) groups excluding carboxylic acids is 1. The number of para-hydroxylation sites is 1. The van der Waals surface area contributed by atoms with Gasteiger partial charge in [0.2, 0.25) is 0 Å². The first-order valence-electron chi connectivity index (χ1n) is 7.43. The second kappa shape index (κ2) is 5.28. The number of hydrogen-bond donors (Lipinski definition) is 2. The Morgan fingerprint density at radius 2 is 2.09 bits per heavy atom. The molecule has 4 rings (SSSR count). The third-order valence-corrected chi connectivity index (χ3v) is 3.90. The number of hydrogen-bond acceptors (Lipinski definition) is 3. The molecular weight excluding hydrogens is 290 g/mol. The Morgan fingerprint density at radius 1 is 1.22 bits per heavy atom. The maximum atomic E-state index is 12.4. The highest BCUT2D eigenvalue weighted by molar-refractivity contribution is 5.97. The van der Waals surface area contributed by atoms with E-state index in [0.717, 1.165) is 27.8 Å². The molecule has 0 aliphatic rings. The molecule has 4 aromatic rings. The fourth-order valence-corrected chi connectivity index (χ4v) is 2.64. The number of imidazole rings is 1. The maximum absolute atomic E-state index is 12.4. The van der Waals surface area contributed by atoms with Gasteiger partial charge in [0.1, 0.15) is 11.3 Å². The monoisotopic (exact) mass is 305 g/mol. The number of rotatable bonds is 3. The molecule has 23 heavy (non-hydrogen) atoms. The van der Waals surface area contributed by atoms with Crippen LogP contribution in [0.25, 0.3) is 22.0 Å². The summed E-state index contributed by atoms with van der Waals surface area (Å²) in [4.78, 5) is 19.6. The SMILES string of the molecule is C[C@@H](NC(=O)c1ccc2nc[nH]c2c1)c1cc2ccccc2o1. The number of nitrogens with one attached hydrogen (secondary N) is 2. The Balaban J connectivity index is 1.57. The van der Waals surface area contributed by atoms with Crippen LogP contribution in [-0.2, 0) is 0 Å². The quantitative estimate of drug-likeness (QED) is 0.605. The van der Waals surface area contributed by atoms with E-state index in [1.807, 2.05) is 43.3 Å². The lowest BCUT2D eigenvalue weighted by molar-refractivity contribution is 0.0936. The summed E-state index contributed by atoms with van der Waals surface area (Å²) in [6.07, 6.45) is 1.61. The van der Waals surface area contributed by atoms with E-state index in [4.69, 9.17) is 4.42 Å². The van der Waals surface area contributed by atoms with Gasteiger partial charge >= 0.3 is 0 Å². The molecule has 0 saturated heterocycles. The lowest BCUT2D eigenvalue weighted by Gasteiger charge is -2.11. The number of aromatic amines is 1. The summed E-state index contributed by atoms with van der Waals surface area (Å²) in [5, 5.41) is 3.99. The minimum Gasteiger partial charge on any atom is -0.459 e. The van der Waals surface area contributed by atoms with Crippen LogP contribution in [0.15, 0.2) is 59.3 Å². The van der Waals surface area contributed by atoms with Crippen molar-refractivity contribution in [2.45, 2.75) is 13.0 Å². The van der Waals surface area contributed by atoms with E-state index in [-0.39, 0.29) is 11.9 Å². The van der Waals surface area contributed by atoms with Gasteiger partial charge in [-0.15, -0.1) is 0 Å². The second-order valence-corrected chi connectivity index (χ2v) is 5.52. The Morgan fingerprint density at radius 3 is 2.96 bits per heavy atom. The van der Waals surface area contributed by atoms with Crippen molar-refractivity contribution in [3.63, 3.8) is 0 Å². The van der Waals surface area contributed by atoms with Gasteiger partial charge in [-0.25, -0.2) is 4.98 Å². The van der Waals surface area contributed by atoms with Crippen molar-refractivity contribution >= 4 is 27.9 Å². The van der Waals surface area contributed by atoms with Gasteiger partial charge in [0.05, 0.1) is 23.4 Å². The number of nitrogens with zero attached hydrogens (tertiary/aromatic N) is 1. The number of furan rings is 1. The minimum atomic E-state index is -0.215. The van der Waals surface area contributed by atoms with Crippen molar-refractivity contribution in [2.24, 2.45) is 0 Å². The zero-order valence-corrected chi connectivity index (χ0v) is 12.5. The lowest BCUT2D eigenvalue weighted by Crippen LogP contribution is -2.26. The fraction of sp³-hybridized carbons (Fsp3) is 0.111. The third-order valence-electron chi connectivity index (χ3n) is 3.90. The first-order chi connectivity index (χ1) is 11.2. The molecule has 0 bridgehead atoms. The van der Waals surface area contributed by atoms with Crippen LogP contribution in [0.5, 0.6) is 0 Å². The molecule has 2 aromatic heterocycles. The molecule has 5 nitrogen and oxygen atoms in total. The first kappa shape index (κ1) is 13.6. The van der Waals surface area contributed by atoms with Crippen LogP contribution >= 0.6 is 0 Å². The van der Waals surface area contributed by atoms with Gasteiger partial charge in [0.15, 0.2) is 0 Å². The van der Waals surface area contributed by atoms with Crippen molar-refractivity contribution in [3.05, 3.63) is 66.2 Å². The molecule has 0 aliphatic heterocycles. The van der Waals surface area contributed by atoms with Crippen LogP contribution in [0.3, 0.4) is 0 Å². The molecule has 2 aromatic carbocycles. The van der Waals surface area contributed by atoms with Gasteiger partial charge < -0.3 is 14.7 Å². The standard InChI is InChI=1S/C18H15N3O2/c1-11(17-9-12-4-2-3-5-16(12)23-17)21-18(22)13-6-7-14-15(8-13)20-10-19-14/h2-11H,1H3,(H,19,20)(H,21,22)/t11-/m1/s1. The molecule has 2 heterocycles. The van der Waals surface area contributed by atoms with Gasteiger partial charge in [-0.3, -0.25) is 4.79 Å². The van der Waals surface area contributed by atoms with Crippen molar-refractivity contribution in [1.29, 1.82) is 0 Å². The van der Waals surface area contributed by atoms with E-state index in [0.29, 0.717) is 5.56 Å². The summed E-state index contributed by atoms with van der Waals surface area (Å²) >= 11 is 0. The number of carbonyl (C=O) groups is 1. The highest BCUT2D eigenvalue weighted by Gasteiger charge is 2.15. The topological polar surface area (TPSA) is 70.9 Å². The Labute approximate surface area is 132 Å². The smallest absolute Gasteiger partial charge is 0.251 e. The zero-order chi connectivity index (χ0) is 15.8. The largest absolute Gasteiger partial charge is 0.459 e. The number of amides is 1. The van der Waals surface area contributed by atoms with Crippen molar-refractivity contribution in [1.82, 2.24) is 15.3 Å².